The van der Waals surface area contributed by atoms with Crippen LogP contribution in [0.4, 0.5) is 0 Å². The summed E-state index contributed by atoms with van der Waals surface area (Å²) in [5, 5.41) is 0. The Morgan fingerprint density at radius 3 is 0.941 bits per heavy atom. The molecule has 0 heterocycles. The van der Waals surface area contributed by atoms with Gasteiger partial charge in [0.1, 0.15) is 0 Å². The van der Waals surface area contributed by atoms with Crippen molar-refractivity contribution in [2.45, 2.75) is 78.9 Å². The highest BCUT2D eigenvalue weighted by molar-refractivity contribution is 5.77. The molecule has 202 valence electrons. The molecule has 0 aromatic heterocycles. The van der Waals surface area contributed by atoms with E-state index in [4.69, 9.17) is 47.4 Å². The number of rotatable bonds is 21. The fourth-order valence-corrected chi connectivity index (χ4v) is 2.96. The largest absolute Gasteiger partial charge is 0.427 e. The molecule has 0 aliphatic rings. The standard InChI is InChI=1S/C22H42O12/c1-9-27-21(28-10-2,29-11-3)19(25-7)33-17(23)15-16-18(24)34-20(26-8)22(30-12-4,31-13-5)32-14-6/h19-20H,9-16H2,1-8H3. The molecule has 0 saturated heterocycles. The van der Waals surface area contributed by atoms with Crippen LogP contribution in [0.1, 0.15) is 54.4 Å². The van der Waals surface area contributed by atoms with E-state index in [9.17, 15) is 9.59 Å². The molecule has 12 heteroatoms. The molecule has 0 saturated carbocycles. The Bertz CT molecular complexity index is 474. The van der Waals surface area contributed by atoms with Gasteiger partial charge < -0.3 is 47.4 Å². The Balaban J connectivity index is 5.21. The van der Waals surface area contributed by atoms with Crippen LogP contribution in [-0.4, -0.2) is 90.3 Å². The molecule has 0 spiro atoms. The van der Waals surface area contributed by atoms with Crippen LogP contribution in [0.5, 0.6) is 0 Å². The fraction of sp³-hybridized carbons (Fsp3) is 0.909. The summed E-state index contributed by atoms with van der Waals surface area (Å²) in [5.41, 5.74) is 0. The number of esters is 2. The monoisotopic (exact) mass is 498 g/mol. The molecule has 0 rings (SSSR count). The van der Waals surface area contributed by atoms with Gasteiger partial charge in [0.2, 0.25) is 0 Å². The van der Waals surface area contributed by atoms with Crippen LogP contribution in [-0.2, 0) is 57.0 Å². The molecule has 0 fully saturated rings. The molecule has 0 aromatic carbocycles. The van der Waals surface area contributed by atoms with E-state index in [2.05, 4.69) is 0 Å². The highest BCUT2D eigenvalue weighted by Gasteiger charge is 2.47. The van der Waals surface area contributed by atoms with Crippen LogP contribution in [0.25, 0.3) is 0 Å². The van der Waals surface area contributed by atoms with Gasteiger partial charge in [0.15, 0.2) is 0 Å². The molecule has 0 amide bonds. The first-order chi connectivity index (χ1) is 16.3. The lowest BCUT2D eigenvalue weighted by molar-refractivity contribution is -0.445. The van der Waals surface area contributed by atoms with Crippen molar-refractivity contribution in [3.8, 4) is 0 Å². The van der Waals surface area contributed by atoms with Crippen molar-refractivity contribution in [2.75, 3.05) is 53.9 Å². The zero-order valence-corrected chi connectivity index (χ0v) is 21.7. The Morgan fingerprint density at radius 1 is 0.529 bits per heavy atom. The molecule has 2 unspecified atom stereocenters. The van der Waals surface area contributed by atoms with Gasteiger partial charge >= 0.3 is 23.9 Å². The summed E-state index contributed by atoms with van der Waals surface area (Å²) in [6.45, 7) is 11.7. The van der Waals surface area contributed by atoms with Gasteiger partial charge in [-0.2, -0.15) is 0 Å². The van der Waals surface area contributed by atoms with E-state index in [0.29, 0.717) is 0 Å². The quantitative estimate of drug-likeness (QED) is 0.170. The predicted octanol–water partition coefficient (Wildman–Crippen LogP) is 2.32. The molecule has 0 aliphatic carbocycles. The first kappa shape index (κ1) is 32.6. The summed E-state index contributed by atoms with van der Waals surface area (Å²) in [5.74, 6) is -4.99. The Hall–Kier alpha value is -1.38. The highest BCUT2D eigenvalue weighted by atomic mass is 16.9. The SMILES string of the molecule is CCOC(OCC)(OCC)C(OC)OC(=O)CCC(=O)OC(OC)C(OCC)(OCC)OCC. The minimum absolute atomic E-state index is 0.212. The molecule has 0 radical (unpaired) electrons. The van der Waals surface area contributed by atoms with Gasteiger partial charge in [-0.3, -0.25) is 9.59 Å². The van der Waals surface area contributed by atoms with Crippen LogP contribution in [0.15, 0.2) is 0 Å². The van der Waals surface area contributed by atoms with Crippen LogP contribution >= 0.6 is 0 Å². The second-order valence-electron chi connectivity index (χ2n) is 6.42. The first-order valence-electron chi connectivity index (χ1n) is 11.6. The molecular formula is C22H42O12. The van der Waals surface area contributed by atoms with Crippen molar-refractivity contribution < 1.29 is 57.0 Å². The maximum absolute atomic E-state index is 12.5. The smallest absolute Gasteiger partial charge is 0.349 e. The normalized spacial score (nSPS) is 14.0. The zero-order chi connectivity index (χ0) is 26.0. The maximum atomic E-state index is 12.5. The van der Waals surface area contributed by atoms with Gasteiger partial charge in [-0.25, -0.2) is 0 Å². The number of carbonyl (C=O) groups is 2. The minimum atomic E-state index is -1.74. The molecular weight excluding hydrogens is 456 g/mol. The number of ether oxygens (including phenoxy) is 10. The lowest BCUT2D eigenvalue weighted by Crippen LogP contribution is -2.53. The molecule has 0 aliphatic heterocycles. The van der Waals surface area contributed by atoms with Gasteiger partial charge in [0, 0.05) is 53.9 Å². The van der Waals surface area contributed by atoms with E-state index in [1.807, 2.05) is 0 Å². The number of methoxy groups -OCH3 is 2. The molecule has 34 heavy (non-hydrogen) atoms. The van der Waals surface area contributed by atoms with Crippen molar-refractivity contribution >= 4 is 11.9 Å². The van der Waals surface area contributed by atoms with E-state index < -0.39 is 36.5 Å². The minimum Gasteiger partial charge on any atom is -0.427 e. The molecule has 2 atom stereocenters. The molecule has 0 N–H and O–H groups in total. The Kier molecular flexibility index (Phi) is 17.2. The van der Waals surface area contributed by atoms with E-state index in [-0.39, 0.29) is 52.5 Å². The predicted molar refractivity (Wildman–Crippen MR) is 118 cm³/mol. The van der Waals surface area contributed by atoms with Crippen molar-refractivity contribution in [3.63, 3.8) is 0 Å². The van der Waals surface area contributed by atoms with Gasteiger partial charge in [0.05, 0.1) is 12.8 Å². The molecule has 12 nitrogen and oxygen atoms in total. The summed E-state index contributed by atoms with van der Waals surface area (Å²) < 4.78 is 54.6. The van der Waals surface area contributed by atoms with E-state index in [1.54, 1.807) is 41.5 Å². The summed E-state index contributed by atoms with van der Waals surface area (Å²) in [6, 6.07) is 0. The topological polar surface area (TPSA) is 126 Å². The maximum Gasteiger partial charge on any atom is 0.349 e. The zero-order valence-electron chi connectivity index (χ0n) is 21.7. The average Bonchev–Trinajstić information content (AvgIpc) is 2.80. The third-order valence-electron chi connectivity index (χ3n) is 4.09. The number of hydrogen-bond acceptors (Lipinski definition) is 12. The van der Waals surface area contributed by atoms with E-state index in [1.165, 1.54) is 14.2 Å². The van der Waals surface area contributed by atoms with Crippen LogP contribution < -0.4 is 0 Å². The fourth-order valence-electron chi connectivity index (χ4n) is 2.96. The summed E-state index contributed by atoms with van der Waals surface area (Å²) in [4.78, 5) is 24.9. The third kappa shape index (κ3) is 10.1. The van der Waals surface area contributed by atoms with Crippen molar-refractivity contribution in [3.05, 3.63) is 0 Å². The third-order valence-corrected chi connectivity index (χ3v) is 4.09. The van der Waals surface area contributed by atoms with Gasteiger partial charge in [-0.05, 0) is 41.5 Å². The van der Waals surface area contributed by atoms with Crippen molar-refractivity contribution in [1.82, 2.24) is 0 Å². The number of hydrogen-bond donors (Lipinski definition) is 0. The van der Waals surface area contributed by atoms with Gasteiger partial charge in [0.25, 0.3) is 12.6 Å². The highest BCUT2D eigenvalue weighted by Crippen LogP contribution is 2.26. The molecule has 0 bridgehead atoms. The average molecular weight is 499 g/mol. The summed E-state index contributed by atoms with van der Waals surface area (Å²) >= 11 is 0. The summed E-state index contributed by atoms with van der Waals surface area (Å²) in [6.07, 6.45) is -3.30. The van der Waals surface area contributed by atoms with Gasteiger partial charge in [-0.15, -0.1) is 0 Å². The Morgan fingerprint density at radius 2 is 0.765 bits per heavy atom. The van der Waals surface area contributed by atoms with E-state index in [0.717, 1.165) is 0 Å². The second kappa shape index (κ2) is 18.0. The summed E-state index contributed by atoms with van der Waals surface area (Å²) in [7, 11) is 2.63. The van der Waals surface area contributed by atoms with Crippen molar-refractivity contribution in [1.29, 1.82) is 0 Å². The molecule has 0 aromatic rings. The van der Waals surface area contributed by atoms with Crippen LogP contribution in [0.2, 0.25) is 0 Å². The second-order valence-corrected chi connectivity index (χ2v) is 6.42. The first-order valence-corrected chi connectivity index (χ1v) is 11.6. The number of carbonyl (C=O) groups excluding carboxylic acids is 2. The lowest BCUT2D eigenvalue weighted by atomic mass is 10.3. The van der Waals surface area contributed by atoms with Gasteiger partial charge in [-0.1, -0.05) is 0 Å². The van der Waals surface area contributed by atoms with Crippen LogP contribution in [0, 0.1) is 0 Å². The van der Waals surface area contributed by atoms with Crippen molar-refractivity contribution in [2.24, 2.45) is 0 Å². The van der Waals surface area contributed by atoms with E-state index >= 15 is 0 Å². The Labute approximate surface area is 202 Å². The lowest BCUT2D eigenvalue weighted by Gasteiger charge is -2.37. The van der Waals surface area contributed by atoms with Crippen LogP contribution in [0.3, 0.4) is 0 Å².